The molecule has 1 aromatic heterocycles. The lowest BCUT2D eigenvalue weighted by Crippen LogP contribution is -2.32. The monoisotopic (exact) mass is 287 g/mol. The quantitative estimate of drug-likeness (QED) is 0.680. The van der Waals surface area contributed by atoms with Crippen molar-refractivity contribution in [1.82, 2.24) is 9.97 Å². The van der Waals surface area contributed by atoms with Crippen LogP contribution in [-0.2, 0) is 9.53 Å². The molecule has 0 spiro atoms. The Labute approximate surface area is 115 Å². The summed E-state index contributed by atoms with van der Waals surface area (Å²) in [5.41, 5.74) is 0. The number of ether oxygens (including phenoxy) is 1. The van der Waals surface area contributed by atoms with Gasteiger partial charge in [-0.1, -0.05) is 6.42 Å². The van der Waals surface area contributed by atoms with E-state index in [1.54, 1.807) is 6.92 Å². The van der Waals surface area contributed by atoms with Crippen LogP contribution in [0.4, 0.5) is 10.2 Å². The van der Waals surface area contributed by atoms with Crippen molar-refractivity contribution >= 4 is 23.4 Å². The Morgan fingerprint density at radius 2 is 2.42 bits per heavy atom. The molecule has 2 rings (SSSR count). The predicted octanol–water partition coefficient (Wildman–Crippen LogP) is 2.41. The summed E-state index contributed by atoms with van der Waals surface area (Å²) in [7, 11) is 0. The number of esters is 1. The molecule has 1 unspecified atom stereocenters. The number of carbonyl (C=O) groups is 1. The summed E-state index contributed by atoms with van der Waals surface area (Å²) < 4.78 is 18.6. The fourth-order valence-electron chi connectivity index (χ4n) is 2.29. The largest absolute Gasteiger partial charge is 0.466 e. The van der Waals surface area contributed by atoms with Crippen molar-refractivity contribution in [3.63, 3.8) is 0 Å². The highest BCUT2D eigenvalue weighted by atomic mass is 35.5. The molecule has 0 aromatic carbocycles. The number of rotatable bonds is 4. The Hall–Kier alpha value is -1.43. The highest BCUT2D eigenvalue weighted by molar-refractivity contribution is 6.28. The van der Waals surface area contributed by atoms with Gasteiger partial charge in [-0.3, -0.25) is 4.79 Å². The van der Waals surface area contributed by atoms with Gasteiger partial charge in [-0.05, 0) is 31.4 Å². The average Bonchev–Trinajstić information content (AvgIpc) is 2.82. The summed E-state index contributed by atoms with van der Waals surface area (Å²) >= 11 is 5.63. The maximum atomic E-state index is 13.5. The van der Waals surface area contributed by atoms with E-state index >= 15 is 0 Å². The molecule has 0 saturated heterocycles. The molecule has 1 N–H and O–H groups in total. The number of carbonyl (C=O) groups excluding carboxylic acids is 1. The van der Waals surface area contributed by atoms with Gasteiger partial charge in [0.05, 0.1) is 18.7 Å². The first kappa shape index (κ1) is 14.0. The third-order valence-electron chi connectivity index (χ3n) is 3.14. The van der Waals surface area contributed by atoms with E-state index in [1.807, 2.05) is 0 Å². The lowest BCUT2D eigenvalue weighted by molar-refractivity contribution is -0.148. The van der Waals surface area contributed by atoms with Crippen molar-refractivity contribution in [2.75, 3.05) is 11.9 Å². The second-order valence-electron chi connectivity index (χ2n) is 4.38. The molecule has 0 aliphatic heterocycles. The lowest BCUT2D eigenvalue weighted by atomic mass is 10.0. The second-order valence-corrected chi connectivity index (χ2v) is 4.71. The smallest absolute Gasteiger partial charge is 0.311 e. The fraction of sp³-hybridized carbons (Fsp3) is 0.583. The molecule has 2 atom stereocenters. The molecular formula is C12H15ClFN3O2. The summed E-state index contributed by atoms with van der Waals surface area (Å²) in [6, 6.07) is -0.181. The molecule has 1 fully saturated rings. The van der Waals surface area contributed by atoms with Gasteiger partial charge in [0.15, 0.2) is 11.6 Å². The van der Waals surface area contributed by atoms with Crippen LogP contribution in [0, 0.1) is 11.7 Å². The molecule has 7 heteroatoms. The Morgan fingerprint density at radius 3 is 3.16 bits per heavy atom. The first-order chi connectivity index (χ1) is 9.11. The van der Waals surface area contributed by atoms with Crippen molar-refractivity contribution in [2.24, 2.45) is 5.92 Å². The van der Waals surface area contributed by atoms with Crippen LogP contribution in [0.3, 0.4) is 0 Å². The molecule has 1 saturated carbocycles. The maximum Gasteiger partial charge on any atom is 0.311 e. The molecule has 0 amide bonds. The lowest BCUT2D eigenvalue weighted by Gasteiger charge is -2.20. The Balaban J connectivity index is 2.09. The number of hydrogen-bond donors (Lipinski definition) is 1. The summed E-state index contributed by atoms with van der Waals surface area (Å²) in [5, 5.41) is 2.90. The second kappa shape index (κ2) is 6.14. The normalized spacial score (nSPS) is 22.3. The Bertz CT molecular complexity index is 472. The molecule has 1 aromatic rings. The van der Waals surface area contributed by atoms with Gasteiger partial charge in [0.1, 0.15) is 0 Å². The van der Waals surface area contributed by atoms with Crippen LogP contribution in [0.5, 0.6) is 0 Å². The van der Waals surface area contributed by atoms with Crippen LogP contribution in [0.2, 0.25) is 5.28 Å². The van der Waals surface area contributed by atoms with Crippen molar-refractivity contribution < 1.29 is 13.9 Å². The van der Waals surface area contributed by atoms with Crippen LogP contribution in [0.1, 0.15) is 26.2 Å². The van der Waals surface area contributed by atoms with Crippen LogP contribution < -0.4 is 5.32 Å². The molecule has 1 aliphatic carbocycles. The summed E-state index contributed by atoms with van der Waals surface area (Å²) in [6.07, 6.45) is 3.40. The Kier molecular flexibility index (Phi) is 4.52. The zero-order chi connectivity index (χ0) is 13.8. The predicted molar refractivity (Wildman–Crippen MR) is 68.4 cm³/mol. The zero-order valence-corrected chi connectivity index (χ0v) is 11.3. The number of anilines is 1. The van der Waals surface area contributed by atoms with Gasteiger partial charge < -0.3 is 10.1 Å². The van der Waals surface area contributed by atoms with Crippen LogP contribution in [0.15, 0.2) is 6.20 Å². The summed E-state index contributed by atoms with van der Waals surface area (Å²) in [6.45, 7) is 2.11. The standard InChI is InChI=1S/C12H15ClFN3O2/c1-2-19-11(18)7-4-3-5-9(7)16-10-8(14)6-15-12(13)17-10/h6-7,9H,2-5H2,1H3,(H,15,16,17)/t7?,9-/m0/s1. The van der Waals surface area contributed by atoms with Gasteiger partial charge in [0.25, 0.3) is 0 Å². The van der Waals surface area contributed by atoms with Crippen LogP contribution in [0.25, 0.3) is 0 Å². The van der Waals surface area contributed by atoms with E-state index in [2.05, 4.69) is 15.3 Å². The molecule has 19 heavy (non-hydrogen) atoms. The number of nitrogens with one attached hydrogen (secondary N) is 1. The molecule has 0 bridgehead atoms. The van der Waals surface area contributed by atoms with Crippen LogP contribution in [-0.4, -0.2) is 28.6 Å². The number of hydrogen-bond acceptors (Lipinski definition) is 5. The van der Waals surface area contributed by atoms with Gasteiger partial charge in [-0.15, -0.1) is 0 Å². The topological polar surface area (TPSA) is 64.1 Å². The van der Waals surface area contributed by atoms with E-state index in [0.717, 1.165) is 25.5 Å². The van der Waals surface area contributed by atoms with E-state index in [9.17, 15) is 9.18 Å². The van der Waals surface area contributed by atoms with Gasteiger partial charge in [-0.2, -0.15) is 4.98 Å². The first-order valence-corrected chi connectivity index (χ1v) is 6.60. The minimum atomic E-state index is -0.584. The maximum absolute atomic E-state index is 13.5. The van der Waals surface area contributed by atoms with E-state index in [0.29, 0.717) is 6.61 Å². The third kappa shape index (κ3) is 3.32. The molecule has 1 heterocycles. The molecular weight excluding hydrogens is 273 g/mol. The van der Waals surface area contributed by atoms with Crippen molar-refractivity contribution in [1.29, 1.82) is 0 Å². The van der Waals surface area contributed by atoms with E-state index < -0.39 is 5.82 Å². The molecule has 0 radical (unpaired) electrons. The minimum absolute atomic E-state index is 0.0289. The third-order valence-corrected chi connectivity index (χ3v) is 3.32. The fourth-order valence-corrected chi connectivity index (χ4v) is 2.42. The summed E-state index contributed by atoms with van der Waals surface area (Å²) in [5.74, 6) is -1.08. The van der Waals surface area contributed by atoms with Crippen molar-refractivity contribution in [3.8, 4) is 0 Å². The first-order valence-electron chi connectivity index (χ1n) is 6.23. The van der Waals surface area contributed by atoms with E-state index in [-0.39, 0.29) is 29.0 Å². The van der Waals surface area contributed by atoms with E-state index in [1.165, 1.54) is 0 Å². The van der Waals surface area contributed by atoms with E-state index in [4.69, 9.17) is 16.3 Å². The minimum Gasteiger partial charge on any atom is -0.466 e. The zero-order valence-electron chi connectivity index (χ0n) is 10.5. The van der Waals surface area contributed by atoms with Crippen molar-refractivity contribution in [2.45, 2.75) is 32.2 Å². The van der Waals surface area contributed by atoms with Gasteiger partial charge >= 0.3 is 5.97 Å². The summed E-state index contributed by atoms with van der Waals surface area (Å²) in [4.78, 5) is 19.1. The average molecular weight is 288 g/mol. The molecule has 104 valence electrons. The molecule has 1 aliphatic rings. The number of halogens is 2. The van der Waals surface area contributed by atoms with Gasteiger partial charge in [-0.25, -0.2) is 9.37 Å². The SMILES string of the molecule is CCOC(=O)C1CCC[C@@H]1Nc1nc(Cl)ncc1F. The number of nitrogens with zero attached hydrogens (tertiary/aromatic N) is 2. The van der Waals surface area contributed by atoms with Gasteiger partial charge in [0, 0.05) is 6.04 Å². The van der Waals surface area contributed by atoms with Gasteiger partial charge in [0.2, 0.25) is 5.28 Å². The number of aromatic nitrogens is 2. The highest BCUT2D eigenvalue weighted by Gasteiger charge is 2.34. The van der Waals surface area contributed by atoms with Crippen molar-refractivity contribution in [3.05, 3.63) is 17.3 Å². The van der Waals surface area contributed by atoms with Crippen LogP contribution >= 0.6 is 11.6 Å². The Morgan fingerprint density at radius 1 is 1.63 bits per heavy atom. The molecule has 5 nitrogen and oxygen atoms in total. The highest BCUT2D eigenvalue weighted by Crippen LogP contribution is 2.30.